The number of rotatable bonds is 4. The van der Waals surface area contributed by atoms with Crippen LogP contribution in [0, 0.1) is 13.8 Å². The SMILES string of the molecule is CCc1ccc(-c2nc3sc(C)c(-c4ccc(C)cc4)n3c2C=O)cc1. The number of benzene rings is 2. The topological polar surface area (TPSA) is 34.4 Å². The Kier molecular flexibility index (Phi) is 4.21. The summed E-state index contributed by atoms with van der Waals surface area (Å²) in [5.74, 6) is 0. The summed E-state index contributed by atoms with van der Waals surface area (Å²) in [6.07, 6.45) is 1.92. The van der Waals surface area contributed by atoms with Gasteiger partial charge in [-0.1, -0.05) is 61.0 Å². The number of aromatic nitrogens is 2. The van der Waals surface area contributed by atoms with E-state index in [1.807, 2.05) is 4.40 Å². The van der Waals surface area contributed by atoms with Gasteiger partial charge in [0, 0.05) is 10.4 Å². The van der Waals surface area contributed by atoms with Crippen molar-refractivity contribution in [2.75, 3.05) is 0 Å². The largest absolute Gasteiger partial charge is 0.296 e. The fraction of sp³-hybridized carbons (Fsp3) is 0.182. The number of carbonyl (C=O) groups excluding carboxylic acids is 1. The normalized spacial score (nSPS) is 11.2. The summed E-state index contributed by atoms with van der Waals surface area (Å²) >= 11 is 1.62. The van der Waals surface area contributed by atoms with E-state index in [0.29, 0.717) is 5.69 Å². The van der Waals surface area contributed by atoms with Crippen LogP contribution >= 0.6 is 11.3 Å². The Morgan fingerprint density at radius 3 is 2.27 bits per heavy atom. The predicted molar refractivity (Wildman–Crippen MR) is 108 cm³/mol. The first kappa shape index (κ1) is 16.7. The molecule has 26 heavy (non-hydrogen) atoms. The summed E-state index contributed by atoms with van der Waals surface area (Å²) in [6, 6.07) is 16.7. The summed E-state index contributed by atoms with van der Waals surface area (Å²) in [7, 11) is 0. The molecule has 2 aromatic carbocycles. The smallest absolute Gasteiger partial charge is 0.195 e. The first-order valence-corrected chi connectivity index (χ1v) is 9.57. The molecule has 0 fully saturated rings. The fourth-order valence-corrected chi connectivity index (χ4v) is 4.30. The van der Waals surface area contributed by atoms with Gasteiger partial charge in [0.2, 0.25) is 0 Å². The number of carbonyl (C=O) groups is 1. The summed E-state index contributed by atoms with van der Waals surface area (Å²) in [4.78, 5) is 18.8. The van der Waals surface area contributed by atoms with Crippen molar-refractivity contribution in [3.05, 3.63) is 70.2 Å². The number of aryl methyl sites for hydroxylation is 3. The van der Waals surface area contributed by atoms with Crippen molar-refractivity contribution in [3.8, 4) is 22.5 Å². The molecular formula is C22H20N2OS. The molecular weight excluding hydrogens is 340 g/mol. The van der Waals surface area contributed by atoms with Crippen molar-refractivity contribution in [1.29, 1.82) is 0 Å². The van der Waals surface area contributed by atoms with Crippen LogP contribution in [0.2, 0.25) is 0 Å². The Hall–Kier alpha value is -2.72. The lowest BCUT2D eigenvalue weighted by atomic mass is 10.1. The van der Waals surface area contributed by atoms with E-state index < -0.39 is 0 Å². The van der Waals surface area contributed by atoms with Crippen LogP contribution in [0.25, 0.3) is 27.5 Å². The molecule has 0 radical (unpaired) electrons. The highest BCUT2D eigenvalue weighted by atomic mass is 32.1. The third-order valence-electron chi connectivity index (χ3n) is 4.76. The van der Waals surface area contributed by atoms with Gasteiger partial charge in [0.05, 0.1) is 5.69 Å². The van der Waals surface area contributed by atoms with Gasteiger partial charge in [-0.25, -0.2) is 4.98 Å². The molecule has 2 heterocycles. The van der Waals surface area contributed by atoms with E-state index in [0.717, 1.165) is 45.1 Å². The fourth-order valence-electron chi connectivity index (χ4n) is 3.30. The minimum absolute atomic E-state index is 0.615. The van der Waals surface area contributed by atoms with Gasteiger partial charge in [0.25, 0.3) is 0 Å². The summed E-state index contributed by atoms with van der Waals surface area (Å²) in [6.45, 7) is 6.29. The lowest BCUT2D eigenvalue weighted by molar-refractivity contribution is 0.111. The summed E-state index contributed by atoms with van der Waals surface area (Å²) < 4.78 is 2.00. The van der Waals surface area contributed by atoms with Crippen molar-refractivity contribution >= 4 is 22.6 Å². The molecule has 0 aliphatic heterocycles. The van der Waals surface area contributed by atoms with Gasteiger partial charge < -0.3 is 0 Å². The maximum Gasteiger partial charge on any atom is 0.195 e. The third kappa shape index (κ3) is 2.67. The minimum Gasteiger partial charge on any atom is -0.296 e. The van der Waals surface area contributed by atoms with Crippen LogP contribution < -0.4 is 0 Å². The van der Waals surface area contributed by atoms with Gasteiger partial charge in [-0.3, -0.25) is 9.20 Å². The number of fused-ring (bicyclic) bond motifs is 1. The Balaban J connectivity index is 1.94. The van der Waals surface area contributed by atoms with Crippen LogP contribution in [0.4, 0.5) is 0 Å². The first-order valence-electron chi connectivity index (χ1n) is 8.75. The summed E-state index contributed by atoms with van der Waals surface area (Å²) in [5, 5.41) is 0. The van der Waals surface area contributed by atoms with E-state index in [1.54, 1.807) is 11.3 Å². The van der Waals surface area contributed by atoms with Gasteiger partial charge >= 0.3 is 0 Å². The van der Waals surface area contributed by atoms with E-state index in [1.165, 1.54) is 11.1 Å². The average molecular weight is 360 g/mol. The van der Waals surface area contributed by atoms with Crippen molar-refractivity contribution < 1.29 is 4.79 Å². The van der Waals surface area contributed by atoms with Crippen LogP contribution in [-0.4, -0.2) is 15.7 Å². The van der Waals surface area contributed by atoms with Gasteiger partial charge in [0.1, 0.15) is 11.4 Å². The third-order valence-corrected chi connectivity index (χ3v) is 5.71. The predicted octanol–water partition coefficient (Wildman–Crippen LogP) is 5.72. The maximum absolute atomic E-state index is 12.0. The lowest BCUT2D eigenvalue weighted by Gasteiger charge is -2.05. The molecule has 0 atom stereocenters. The molecule has 4 aromatic rings. The second-order valence-electron chi connectivity index (χ2n) is 6.50. The van der Waals surface area contributed by atoms with E-state index in [4.69, 9.17) is 4.98 Å². The van der Waals surface area contributed by atoms with Crippen molar-refractivity contribution in [2.45, 2.75) is 27.2 Å². The van der Waals surface area contributed by atoms with Crippen molar-refractivity contribution in [1.82, 2.24) is 9.38 Å². The molecule has 2 aromatic heterocycles. The average Bonchev–Trinajstić information content (AvgIpc) is 3.17. The number of hydrogen-bond acceptors (Lipinski definition) is 3. The van der Waals surface area contributed by atoms with E-state index in [2.05, 4.69) is 69.3 Å². The highest BCUT2D eigenvalue weighted by molar-refractivity contribution is 7.17. The van der Waals surface area contributed by atoms with E-state index >= 15 is 0 Å². The molecule has 4 rings (SSSR count). The van der Waals surface area contributed by atoms with Crippen LogP contribution in [0.1, 0.15) is 33.4 Å². The Labute approximate surface area is 157 Å². The van der Waals surface area contributed by atoms with E-state index in [-0.39, 0.29) is 0 Å². The molecule has 0 unspecified atom stereocenters. The van der Waals surface area contributed by atoms with Gasteiger partial charge in [0.15, 0.2) is 11.2 Å². The van der Waals surface area contributed by atoms with Gasteiger partial charge in [-0.15, -0.1) is 11.3 Å². The van der Waals surface area contributed by atoms with Crippen LogP contribution in [-0.2, 0) is 6.42 Å². The molecule has 0 saturated carbocycles. The molecule has 0 bridgehead atoms. The molecule has 0 aliphatic carbocycles. The second kappa shape index (κ2) is 6.54. The monoisotopic (exact) mass is 360 g/mol. The molecule has 0 aliphatic rings. The molecule has 0 N–H and O–H groups in total. The van der Waals surface area contributed by atoms with Crippen molar-refractivity contribution in [2.24, 2.45) is 0 Å². The van der Waals surface area contributed by atoms with Crippen LogP contribution in [0.15, 0.2) is 48.5 Å². The molecule has 3 nitrogen and oxygen atoms in total. The minimum atomic E-state index is 0.615. The zero-order chi connectivity index (χ0) is 18.3. The molecule has 0 saturated heterocycles. The number of aldehydes is 1. The lowest BCUT2D eigenvalue weighted by Crippen LogP contribution is -1.95. The number of nitrogens with zero attached hydrogens (tertiary/aromatic N) is 2. The zero-order valence-electron chi connectivity index (χ0n) is 15.1. The Morgan fingerprint density at radius 2 is 1.65 bits per heavy atom. The maximum atomic E-state index is 12.0. The number of thiazole rings is 1. The van der Waals surface area contributed by atoms with Gasteiger partial charge in [-0.05, 0) is 31.4 Å². The van der Waals surface area contributed by atoms with Crippen molar-refractivity contribution in [3.63, 3.8) is 0 Å². The quantitative estimate of drug-likeness (QED) is 0.436. The Bertz CT molecular complexity index is 1090. The molecule has 0 spiro atoms. The van der Waals surface area contributed by atoms with Crippen LogP contribution in [0.5, 0.6) is 0 Å². The molecule has 0 amide bonds. The number of hydrogen-bond donors (Lipinski definition) is 0. The second-order valence-corrected chi connectivity index (χ2v) is 7.69. The summed E-state index contributed by atoms with van der Waals surface area (Å²) in [5.41, 5.74) is 7.00. The highest BCUT2D eigenvalue weighted by Crippen LogP contribution is 2.35. The standard InChI is InChI=1S/C22H20N2OS/c1-4-16-7-11-17(12-8-16)20-19(13-25)24-21(15(3)26-22(24)23-20)18-9-5-14(2)6-10-18/h5-13H,4H2,1-3H3. The van der Waals surface area contributed by atoms with E-state index in [9.17, 15) is 4.79 Å². The first-order chi connectivity index (χ1) is 12.6. The molecule has 4 heteroatoms. The zero-order valence-corrected chi connectivity index (χ0v) is 15.9. The molecule has 130 valence electrons. The van der Waals surface area contributed by atoms with Crippen LogP contribution in [0.3, 0.4) is 0 Å². The van der Waals surface area contributed by atoms with Gasteiger partial charge in [-0.2, -0.15) is 0 Å². The Morgan fingerprint density at radius 1 is 1.00 bits per heavy atom. The number of imidazole rings is 1. The highest BCUT2D eigenvalue weighted by Gasteiger charge is 2.20.